The van der Waals surface area contributed by atoms with Crippen molar-refractivity contribution in [3.05, 3.63) is 27.8 Å². The van der Waals surface area contributed by atoms with Gasteiger partial charge in [-0.05, 0) is 46.2 Å². The van der Waals surface area contributed by atoms with Crippen LogP contribution >= 0.6 is 22.6 Å². The Labute approximate surface area is 119 Å². The Balaban J connectivity index is 2.08. The van der Waals surface area contributed by atoms with Crippen LogP contribution in [0.25, 0.3) is 0 Å². The highest BCUT2D eigenvalue weighted by molar-refractivity contribution is 14.1. The Kier molecular flexibility index (Phi) is 3.35. The van der Waals surface area contributed by atoms with E-state index < -0.39 is 23.2 Å². The summed E-state index contributed by atoms with van der Waals surface area (Å²) in [6.45, 7) is 3.62. The van der Waals surface area contributed by atoms with E-state index in [0.717, 1.165) is 3.57 Å². The molecule has 0 radical (unpaired) electrons. The molecule has 0 aliphatic heterocycles. The van der Waals surface area contributed by atoms with Crippen LogP contribution in [-0.4, -0.2) is 17.0 Å². The first-order chi connectivity index (χ1) is 8.34. The average Bonchev–Trinajstić information content (AvgIpc) is 2.81. The molecule has 96 valence electrons. The number of carboxylic acid groups (broad SMARTS) is 1. The zero-order valence-corrected chi connectivity index (χ0v) is 12.3. The van der Waals surface area contributed by atoms with Gasteiger partial charge in [0.1, 0.15) is 0 Å². The standard InChI is InChI=1S/C13H14INO3/c1-13(2)9(10(13)12(17)18)11(16)15-8-5-3-4-7(14)6-8/h3-6,9-10H,1-2H3,(H,15,16)(H,17,18)/t9-,10+/m1/s1. The number of carboxylic acids is 1. The molecule has 1 aliphatic carbocycles. The molecule has 2 N–H and O–H groups in total. The van der Waals surface area contributed by atoms with Gasteiger partial charge in [0.15, 0.2) is 0 Å². The van der Waals surface area contributed by atoms with Crippen molar-refractivity contribution in [1.29, 1.82) is 0 Å². The van der Waals surface area contributed by atoms with Crippen LogP contribution in [0.3, 0.4) is 0 Å². The van der Waals surface area contributed by atoms with Crippen molar-refractivity contribution >= 4 is 40.2 Å². The van der Waals surface area contributed by atoms with Gasteiger partial charge in [0, 0.05) is 9.26 Å². The molecular formula is C13H14INO3. The largest absolute Gasteiger partial charge is 0.481 e. The number of aliphatic carboxylic acids is 1. The number of rotatable bonds is 3. The van der Waals surface area contributed by atoms with Gasteiger partial charge in [-0.2, -0.15) is 0 Å². The van der Waals surface area contributed by atoms with Crippen LogP contribution in [0.15, 0.2) is 24.3 Å². The van der Waals surface area contributed by atoms with Crippen molar-refractivity contribution in [3.8, 4) is 0 Å². The molecule has 1 aliphatic rings. The maximum absolute atomic E-state index is 12.0. The maximum atomic E-state index is 12.0. The van der Waals surface area contributed by atoms with E-state index in [1.807, 2.05) is 32.0 Å². The lowest BCUT2D eigenvalue weighted by Crippen LogP contribution is -2.17. The van der Waals surface area contributed by atoms with Gasteiger partial charge in [-0.15, -0.1) is 0 Å². The summed E-state index contributed by atoms with van der Waals surface area (Å²) >= 11 is 2.16. The number of carbonyl (C=O) groups excluding carboxylic acids is 1. The van der Waals surface area contributed by atoms with Crippen LogP contribution in [0.4, 0.5) is 5.69 Å². The molecule has 0 heterocycles. The Morgan fingerprint density at radius 1 is 1.33 bits per heavy atom. The van der Waals surface area contributed by atoms with Crippen LogP contribution in [0.2, 0.25) is 0 Å². The average molecular weight is 359 g/mol. The Morgan fingerprint density at radius 2 is 2.00 bits per heavy atom. The van der Waals surface area contributed by atoms with Gasteiger partial charge in [-0.3, -0.25) is 9.59 Å². The lowest BCUT2D eigenvalue weighted by molar-refractivity contribution is -0.140. The number of hydrogen-bond donors (Lipinski definition) is 2. The van der Waals surface area contributed by atoms with Crippen LogP contribution in [0.1, 0.15) is 13.8 Å². The summed E-state index contributed by atoms with van der Waals surface area (Å²) in [7, 11) is 0. The molecule has 1 fully saturated rings. The second kappa shape index (κ2) is 4.53. The molecular weight excluding hydrogens is 345 g/mol. The van der Waals surface area contributed by atoms with Crippen LogP contribution in [0, 0.1) is 20.8 Å². The van der Waals surface area contributed by atoms with Crippen molar-refractivity contribution in [3.63, 3.8) is 0 Å². The molecule has 1 aromatic carbocycles. The minimum absolute atomic E-state index is 0.214. The number of halogens is 1. The minimum atomic E-state index is -0.900. The van der Waals surface area contributed by atoms with E-state index in [1.165, 1.54) is 0 Å². The van der Waals surface area contributed by atoms with Gasteiger partial charge in [0.2, 0.25) is 5.91 Å². The predicted molar refractivity (Wildman–Crippen MR) is 76.2 cm³/mol. The first-order valence-electron chi connectivity index (χ1n) is 5.63. The zero-order chi connectivity index (χ0) is 13.5. The van der Waals surface area contributed by atoms with E-state index in [2.05, 4.69) is 27.9 Å². The first-order valence-corrected chi connectivity index (χ1v) is 6.71. The van der Waals surface area contributed by atoms with E-state index in [0.29, 0.717) is 5.69 Å². The molecule has 0 saturated heterocycles. The zero-order valence-electron chi connectivity index (χ0n) is 10.1. The highest BCUT2D eigenvalue weighted by atomic mass is 127. The molecule has 2 atom stereocenters. The summed E-state index contributed by atoms with van der Waals surface area (Å²) in [5, 5.41) is 11.8. The highest BCUT2D eigenvalue weighted by Crippen LogP contribution is 2.58. The molecule has 0 bridgehead atoms. The fourth-order valence-corrected chi connectivity index (χ4v) is 2.92. The van der Waals surface area contributed by atoms with Gasteiger partial charge in [-0.1, -0.05) is 19.9 Å². The third kappa shape index (κ3) is 2.36. The SMILES string of the molecule is CC1(C)[C@H](C(=O)O)[C@@H]1C(=O)Nc1cccc(I)c1. The van der Waals surface area contributed by atoms with Gasteiger partial charge >= 0.3 is 5.97 Å². The van der Waals surface area contributed by atoms with E-state index in [9.17, 15) is 9.59 Å². The normalized spacial score (nSPS) is 24.4. The lowest BCUT2D eigenvalue weighted by atomic mass is 10.1. The monoisotopic (exact) mass is 359 g/mol. The van der Waals surface area contributed by atoms with Crippen molar-refractivity contribution in [2.45, 2.75) is 13.8 Å². The van der Waals surface area contributed by atoms with Crippen molar-refractivity contribution in [2.75, 3.05) is 5.32 Å². The Morgan fingerprint density at radius 3 is 2.50 bits per heavy atom. The molecule has 0 aromatic heterocycles. The third-order valence-corrected chi connectivity index (χ3v) is 4.14. The molecule has 5 heteroatoms. The summed E-state index contributed by atoms with van der Waals surface area (Å²) in [6, 6.07) is 7.43. The third-order valence-electron chi connectivity index (χ3n) is 3.47. The fourth-order valence-electron chi connectivity index (χ4n) is 2.37. The fraction of sp³-hybridized carbons (Fsp3) is 0.385. The van der Waals surface area contributed by atoms with Crippen molar-refractivity contribution in [2.24, 2.45) is 17.3 Å². The van der Waals surface area contributed by atoms with Crippen LogP contribution in [0.5, 0.6) is 0 Å². The summed E-state index contributed by atoms with van der Waals surface area (Å²) in [5.74, 6) is -2.15. The van der Waals surface area contributed by atoms with Gasteiger partial charge in [0.05, 0.1) is 11.8 Å². The van der Waals surface area contributed by atoms with Crippen molar-refractivity contribution in [1.82, 2.24) is 0 Å². The molecule has 2 rings (SSSR count). The van der Waals surface area contributed by atoms with Gasteiger partial charge < -0.3 is 10.4 Å². The molecule has 1 aromatic rings. The maximum Gasteiger partial charge on any atom is 0.307 e. The quantitative estimate of drug-likeness (QED) is 0.816. The number of benzene rings is 1. The highest BCUT2D eigenvalue weighted by Gasteiger charge is 2.65. The predicted octanol–water partition coefficient (Wildman–Crippen LogP) is 2.59. The van der Waals surface area contributed by atoms with Crippen LogP contribution in [-0.2, 0) is 9.59 Å². The van der Waals surface area contributed by atoms with E-state index in [1.54, 1.807) is 6.07 Å². The first kappa shape index (κ1) is 13.3. The number of anilines is 1. The number of carbonyl (C=O) groups is 2. The van der Waals surface area contributed by atoms with Crippen LogP contribution < -0.4 is 5.32 Å². The molecule has 4 nitrogen and oxygen atoms in total. The number of nitrogens with one attached hydrogen (secondary N) is 1. The number of hydrogen-bond acceptors (Lipinski definition) is 2. The van der Waals surface area contributed by atoms with E-state index in [4.69, 9.17) is 5.11 Å². The van der Waals surface area contributed by atoms with E-state index in [-0.39, 0.29) is 5.91 Å². The minimum Gasteiger partial charge on any atom is -0.481 e. The summed E-state index contributed by atoms with van der Waals surface area (Å²) in [5.41, 5.74) is 0.247. The second-order valence-corrected chi connectivity index (χ2v) is 6.36. The van der Waals surface area contributed by atoms with E-state index >= 15 is 0 Å². The summed E-state index contributed by atoms with van der Waals surface area (Å²) in [6.07, 6.45) is 0. The van der Waals surface area contributed by atoms with Crippen molar-refractivity contribution < 1.29 is 14.7 Å². The molecule has 0 spiro atoms. The Bertz CT molecular complexity index is 513. The number of amides is 1. The molecule has 1 saturated carbocycles. The van der Waals surface area contributed by atoms with Gasteiger partial charge in [0.25, 0.3) is 0 Å². The van der Waals surface area contributed by atoms with Gasteiger partial charge in [-0.25, -0.2) is 0 Å². The lowest BCUT2D eigenvalue weighted by Gasteiger charge is -2.06. The molecule has 18 heavy (non-hydrogen) atoms. The molecule has 1 amide bonds. The Hall–Kier alpha value is -1.11. The summed E-state index contributed by atoms with van der Waals surface area (Å²) < 4.78 is 1.02. The molecule has 0 unspecified atom stereocenters. The topological polar surface area (TPSA) is 66.4 Å². The second-order valence-electron chi connectivity index (χ2n) is 5.11. The summed E-state index contributed by atoms with van der Waals surface area (Å²) in [4.78, 5) is 23.1. The smallest absolute Gasteiger partial charge is 0.307 e.